The first kappa shape index (κ1) is 44.9. The molecule has 270 valence electrons. The fraction of sp³-hybridized carbons (Fsp3) is 0.818. The van der Waals surface area contributed by atoms with Gasteiger partial charge in [0.25, 0.3) is 0 Å². The lowest BCUT2D eigenvalue weighted by atomic mass is 10.0. The third-order valence-electron chi connectivity index (χ3n) is 9.17. The molecule has 0 aliphatic rings. The first-order valence-corrected chi connectivity index (χ1v) is 20.5. The molecule has 0 amide bonds. The summed E-state index contributed by atoms with van der Waals surface area (Å²) < 4.78 is 6.44. The molecule has 0 radical (unpaired) electrons. The molecule has 0 heterocycles. The van der Waals surface area contributed by atoms with Crippen molar-refractivity contribution >= 4 is 0 Å². The van der Waals surface area contributed by atoms with Crippen LogP contribution < -0.4 is 0 Å². The zero-order valence-corrected chi connectivity index (χ0v) is 32.2. The lowest BCUT2D eigenvalue weighted by molar-refractivity contribution is 0.0353. The zero-order chi connectivity index (χ0) is 33.6. The molecule has 0 aromatic carbocycles. The van der Waals surface area contributed by atoms with Crippen molar-refractivity contribution in [1.82, 2.24) is 4.90 Å². The van der Waals surface area contributed by atoms with Crippen LogP contribution in [0.3, 0.4) is 0 Å². The SMILES string of the molecule is CCCCCC=CCC=CCCCCCCCCC(CCCCCCCCC(C)=CCC=CCCCCC)OCCCCN(C)C. The van der Waals surface area contributed by atoms with Crippen LogP contribution in [0.15, 0.2) is 48.1 Å². The van der Waals surface area contributed by atoms with Crippen LogP contribution in [0.4, 0.5) is 0 Å². The highest BCUT2D eigenvalue weighted by Gasteiger charge is 2.09. The van der Waals surface area contributed by atoms with Crippen molar-refractivity contribution in [2.75, 3.05) is 27.2 Å². The Hall–Kier alpha value is -1.12. The van der Waals surface area contributed by atoms with E-state index in [4.69, 9.17) is 4.74 Å². The molecule has 0 aliphatic heterocycles. The molecule has 0 spiro atoms. The topological polar surface area (TPSA) is 12.5 Å². The van der Waals surface area contributed by atoms with Gasteiger partial charge in [-0.25, -0.2) is 0 Å². The predicted molar refractivity (Wildman–Crippen MR) is 210 cm³/mol. The van der Waals surface area contributed by atoms with Crippen LogP contribution in [0.2, 0.25) is 0 Å². The number of hydrogen-bond donors (Lipinski definition) is 0. The Morgan fingerprint density at radius 3 is 1.54 bits per heavy atom. The van der Waals surface area contributed by atoms with E-state index in [1.165, 1.54) is 173 Å². The molecule has 1 unspecified atom stereocenters. The average molecular weight is 642 g/mol. The Bertz CT molecular complexity index is 703. The lowest BCUT2D eigenvalue weighted by Crippen LogP contribution is -2.16. The Morgan fingerprint density at radius 1 is 0.522 bits per heavy atom. The number of nitrogens with zero attached hydrogens (tertiary/aromatic N) is 1. The Balaban J connectivity index is 3.96. The van der Waals surface area contributed by atoms with E-state index in [0.717, 1.165) is 19.4 Å². The van der Waals surface area contributed by atoms with Crippen LogP contribution in [0.5, 0.6) is 0 Å². The molecule has 0 saturated heterocycles. The highest BCUT2D eigenvalue weighted by Crippen LogP contribution is 2.18. The van der Waals surface area contributed by atoms with E-state index < -0.39 is 0 Å². The van der Waals surface area contributed by atoms with Gasteiger partial charge in [-0.3, -0.25) is 0 Å². The van der Waals surface area contributed by atoms with Crippen molar-refractivity contribution in [1.29, 1.82) is 0 Å². The summed E-state index contributed by atoms with van der Waals surface area (Å²) in [6.45, 7) is 8.99. The third-order valence-corrected chi connectivity index (χ3v) is 9.17. The van der Waals surface area contributed by atoms with Crippen molar-refractivity contribution < 1.29 is 4.74 Å². The maximum atomic E-state index is 6.44. The molecule has 0 aromatic heterocycles. The summed E-state index contributed by atoms with van der Waals surface area (Å²) in [4.78, 5) is 2.28. The summed E-state index contributed by atoms with van der Waals surface area (Å²) in [5, 5.41) is 0. The van der Waals surface area contributed by atoms with Gasteiger partial charge in [0.05, 0.1) is 6.10 Å². The number of hydrogen-bond acceptors (Lipinski definition) is 2. The summed E-state index contributed by atoms with van der Waals surface area (Å²) in [7, 11) is 4.34. The van der Waals surface area contributed by atoms with Crippen molar-refractivity contribution in [3.05, 3.63) is 48.1 Å². The summed E-state index contributed by atoms with van der Waals surface area (Å²) in [6, 6.07) is 0. The lowest BCUT2D eigenvalue weighted by Gasteiger charge is -2.18. The normalized spacial score (nSPS) is 13.4. The first-order chi connectivity index (χ1) is 22.6. The number of rotatable bonds is 36. The predicted octanol–water partition coefficient (Wildman–Crippen LogP) is 14.5. The molecule has 0 aliphatic carbocycles. The molecule has 0 saturated carbocycles. The molecular formula is C44H83NO. The van der Waals surface area contributed by atoms with E-state index in [-0.39, 0.29) is 0 Å². The molecule has 1 atom stereocenters. The van der Waals surface area contributed by atoms with Crippen LogP contribution in [-0.2, 0) is 4.74 Å². The molecular weight excluding hydrogens is 558 g/mol. The van der Waals surface area contributed by atoms with Gasteiger partial charge in [0.2, 0.25) is 0 Å². The Labute approximate surface area is 291 Å². The Morgan fingerprint density at radius 2 is 1.00 bits per heavy atom. The smallest absolute Gasteiger partial charge is 0.0575 e. The second-order valence-corrected chi connectivity index (χ2v) is 14.3. The van der Waals surface area contributed by atoms with Gasteiger partial charge in [-0.15, -0.1) is 0 Å². The van der Waals surface area contributed by atoms with Crippen LogP contribution >= 0.6 is 0 Å². The molecule has 2 heteroatoms. The highest BCUT2D eigenvalue weighted by molar-refractivity contribution is 5.02. The quantitative estimate of drug-likeness (QED) is 0.0498. The van der Waals surface area contributed by atoms with Crippen LogP contribution in [0, 0.1) is 0 Å². The van der Waals surface area contributed by atoms with Crippen LogP contribution in [-0.4, -0.2) is 38.3 Å². The van der Waals surface area contributed by atoms with Crippen molar-refractivity contribution in [3.63, 3.8) is 0 Å². The van der Waals surface area contributed by atoms with Gasteiger partial charge in [0, 0.05) is 6.61 Å². The highest BCUT2D eigenvalue weighted by atomic mass is 16.5. The van der Waals surface area contributed by atoms with Crippen molar-refractivity contribution in [3.8, 4) is 0 Å². The second kappa shape index (κ2) is 38.3. The van der Waals surface area contributed by atoms with Crippen molar-refractivity contribution in [2.24, 2.45) is 0 Å². The molecule has 0 rings (SSSR count). The fourth-order valence-electron chi connectivity index (χ4n) is 6.03. The van der Waals surface area contributed by atoms with E-state index in [9.17, 15) is 0 Å². The average Bonchev–Trinajstić information content (AvgIpc) is 3.04. The standard InChI is InChI=1S/C44H83NO/c1-6-8-10-12-14-15-16-17-18-19-20-21-22-24-29-33-39-44(46-42-36-35-41-45(4)5)40-34-30-26-25-28-32-38-43(3)37-31-27-23-13-11-9-7-2/h14-15,17-18,23,27,37,44H,6-13,16,19-22,24-26,28-36,38-42H2,1-5H3. The minimum Gasteiger partial charge on any atom is -0.378 e. The van der Waals surface area contributed by atoms with Gasteiger partial charge < -0.3 is 9.64 Å². The maximum absolute atomic E-state index is 6.44. The van der Waals surface area contributed by atoms with Gasteiger partial charge >= 0.3 is 0 Å². The summed E-state index contributed by atoms with van der Waals surface area (Å²) >= 11 is 0. The van der Waals surface area contributed by atoms with E-state index in [2.05, 4.69) is 82.3 Å². The fourth-order valence-corrected chi connectivity index (χ4v) is 6.03. The van der Waals surface area contributed by atoms with Crippen LogP contribution in [0.1, 0.15) is 201 Å². The number of unbranched alkanes of at least 4 members (excludes halogenated alkanes) is 18. The molecule has 2 nitrogen and oxygen atoms in total. The van der Waals surface area contributed by atoms with E-state index in [0.29, 0.717) is 6.10 Å². The van der Waals surface area contributed by atoms with E-state index in [1.54, 1.807) is 5.57 Å². The minimum atomic E-state index is 0.485. The second-order valence-electron chi connectivity index (χ2n) is 14.3. The zero-order valence-electron chi connectivity index (χ0n) is 32.2. The van der Waals surface area contributed by atoms with Gasteiger partial charge in [0.15, 0.2) is 0 Å². The Kier molecular flexibility index (Phi) is 37.4. The monoisotopic (exact) mass is 642 g/mol. The minimum absolute atomic E-state index is 0.485. The van der Waals surface area contributed by atoms with Gasteiger partial charge in [-0.2, -0.15) is 0 Å². The summed E-state index contributed by atoms with van der Waals surface area (Å²) in [6.07, 6.45) is 53.9. The summed E-state index contributed by atoms with van der Waals surface area (Å²) in [5.74, 6) is 0. The molecule has 0 fully saturated rings. The molecule has 0 aromatic rings. The molecule has 0 bridgehead atoms. The third kappa shape index (κ3) is 37.3. The number of allylic oxidation sites excluding steroid dienone is 8. The molecule has 0 N–H and O–H groups in total. The van der Waals surface area contributed by atoms with Gasteiger partial charge in [0.1, 0.15) is 0 Å². The van der Waals surface area contributed by atoms with Crippen LogP contribution in [0.25, 0.3) is 0 Å². The van der Waals surface area contributed by atoms with Gasteiger partial charge in [-0.05, 0) is 117 Å². The maximum Gasteiger partial charge on any atom is 0.0575 e. The van der Waals surface area contributed by atoms with Crippen molar-refractivity contribution in [2.45, 2.75) is 207 Å². The summed E-state index contributed by atoms with van der Waals surface area (Å²) in [5.41, 5.74) is 1.58. The van der Waals surface area contributed by atoms with E-state index >= 15 is 0 Å². The largest absolute Gasteiger partial charge is 0.378 e. The van der Waals surface area contributed by atoms with E-state index in [1.807, 2.05) is 0 Å². The molecule has 46 heavy (non-hydrogen) atoms. The van der Waals surface area contributed by atoms with Gasteiger partial charge in [-0.1, -0.05) is 152 Å². The number of ether oxygens (including phenoxy) is 1. The first-order valence-electron chi connectivity index (χ1n) is 20.5.